The second-order valence-electron chi connectivity index (χ2n) is 5.10. The van der Waals surface area contributed by atoms with Crippen LogP contribution in [0.25, 0.3) is 0 Å². The summed E-state index contributed by atoms with van der Waals surface area (Å²) >= 11 is 3.35. The average Bonchev–Trinajstić information content (AvgIpc) is 2.39. The molecule has 1 nitrogen and oxygen atoms in total. The molecule has 0 unspecified atom stereocenters. The van der Waals surface area contributed by atoms with Crippen molar-refractivity contribution in [2.24, 2.45) is 5.92 Å². The Bertz CT molecular complexity index is 386. The summed E-state index contributed by atoms with van der Waals surface area (Å²) in [6.45, 7) is 2.25. The van der Waals surface area contributed by atoms with Crippen molar-refractivity contribution in [2.75, 3.05) is 0 Å². The van der Waals surface area contributed by atoms with Gasteiger partial charge in [-0.1, -0.05) is 29.3 Å². The molecule has 0 amide bonds. The molecule has 1 aliphatic rings. The van der Waals surface area contributed by atoms with Gasteiger partial charge in [-0.15, -0.1) is 0 Å². The van der Waals surface area contributed by atoms with Crippen LogP contribution in [-0.4, -0.2) is 6.10 Å². The molecular formula is C15H20BrFO. The van der Waals surface area contributed by atoms with E-state index in [1.54, 1.807) is 0 Å². The lowest BCUT2D eigenvalue weighted by molar-refractivity contribution is 0.129. The summed E-state index contributed by atoms with van der Waals surface area (Å²) < 4.78 is 19.3. The molecule has 0 saturated heterocycles. The van der Waals surface area contributed by atoms with Crippen LogP contribution in [0, 0.1) is 11.7 Å². The number of hydrogen-bond donors (Lipinski definition) is 0. The first-order chi connectivity index (χ1) is 8.71. The van der Waals surface area contributed by atoms with Gasteiger partial charge in [0.05, 0.1) is 6.10 Å². The van der Waals surface area contributed by atoms with Gasteiger partial charge in [-0.2, -0.15) is 0 Å². The van der Waals surface area contributed by atoms with E-state index < -0.39 is 0 Å². The molecule has 1 fully saturated rings. The van der Waals surface area contributed by atoms with E-state index in [-0.39, 0.29) is 11.9 Å². The third kappa shape index (κ3) is 3.71. The SMILES string of the molecule is CCC1CCC(Oc2cc(F)cc(CBr)c2)CC1. The number of ether oxygens (including phenoxy) is 1. The zero-order valence-electron chi connectivity index (χ0n) is 10.8. The minimum absolute atomic E-state index is 0.218. The fourth-order valence-corrected chi connectivity index (χ4v) is 2.94. The van der Waals surface area contributed by atoms with Gasteiger partial charge in [0.15, 0.2) is 0 Å². The molecule has 0 spiro atoms. The summed E-state index contributed by atoms with van der Waals surface area (Å²) in [5, 5.41) is 0.656. The second kappa shape index (κ2) is 6.55. The molecule has 0 N–H and O–H groups in total. The van der Waals surface area contributed by atoms with E-state index >= 15 is 0 Å². The smallest absolute Gasteiger partial charge is 0.127 e. The number of rotatable bonds is 4. The lowest BCUT2D eigenvalue weighted by atomic mass is 9.86. The van der Waals surface area contributed by atoms with E-state index in [1.165, 1.54) is 31.4 Å². The molecule has 0 aliphatic heterocycles. The van der Waals surface area contributed by atoms with Crippen molar-refractivity contribution in [3.63, 3.8) is 0 Å². The molecule has 0 heterocycles. The van der Waals surface area contributed by atoms with Crippen LogP contribution in [0.5, 0.6) is 5.75 Å². The highest BCUT2D eigenvalue weighted by atomic mass is 79.9. The maximum atomic E-state index is 13.4. The Labute approximate surface area is 117 Å². The van der Waals surface area contributed by atoms with Crippen molar-refractivity contribution in [1.29, 1.82) is 0 Å². The highest BCUT2D eigenvalue weighted by Gasteiger charge is 2.21. The number of alkyl halides is 1. The van der Waals surface area contributed by atoms with Gasteiger partial charge in [-0.05, 0) is 49.3 Å². The van der Waals surface area contributed by atoms with Gasteiger partial charge >= 0.3 is 0 Å². The van der Waals surface area contributed by atoms with Crippen molar-refractivity contribution < 1.29 is 9.13 Å². The fourth-order valence-electron chi connectivity index (χ4n) is 2.62. The van der Waals surface area contributed by atoms with Crippen molar-refractivity contribution in [3.05, 3.63) is 29.6 Å². The number of halogens is 2. The summed E-state index contributed by atoms with van der Waals surface area (Å²) in [5.74, 6) is 1.31. The highest BCUT2D eigenvalue weighted by molar-refractivity contribution is 9.08. The highest BCUT2D eigenvalue weighted by Crippen LogP contribution is 2.30. The van der Waals surface area contributed by atoms with Gasteiger partial charge in [0.2, 0.25) is 0 Å². The monoisotopic (exact) mass is 314 g/mol. The van der Waals surface area contributed by atoms with E-state index in [0.717, 1.165) is 24.3 Å². The predicted octanol–water partition coefficient (Wildman–Crippen LogP) is 5.07. The Kier molecular flexibility index (Phi) is 5.04. The average molecular weight is 315 g/mol. The van der Waals surface area contributed by atoms with Crippen LogP contribution in [0.1, 0.15) is 44.6 Å². The molecule has 0 aromatic heterocycles. The zero-order chi connectivity index (χ0) is 13.0. The number of benzene rings is 1. The third-order valence-corrected chi connectivity index (χ3v) is 4.41. The zero-order valence-corrected chi connectivity index (χ0v) is 12.4. The minimum atomic E-state index is -0.218. The Morgan fingerprint density at radius 3 is 2.56 bits per heavy atom. The predicted molar refractivity (Wildman–Crippen MR) is 75.7 cm³/mol. The van der Waals surface area contributed by atoms with Gasteiger partial charge in [-0.3, -0.25) is 0 Å². The first-order valence-electron chi connectivity index (χ1n) is 6.73. The van der Waals surface area contributed by atoms with Gasteiger partial charge in [0.1, 0.15) is 11.6 Å². The molecule has 0 atom stereocenters. The third-order valence-electron chi connectivity index (χ3n) is 3.76. The van der Waals surface area contributed by atoms with Crippen molar-refractivity contribution in [3.8, 4) is 5.75 Å². The molecule has 1 aromatic carbocycles. The van der Waals surface area contributed by atoms with Gasteiger partial charge < -0.3 is 4.74 Å². The van der Waals surface area contributed by atoms with Crippen molar-refractivity contribution in [1.82, 2.24) is 0 Å². The van der Waals surface area contributed by atoms with E-state index in [1.807, 2.05) is 6.07 Å². The molecule has 1 aromatic rings. The van der Waals surface area contributed by atoms with Gasteiger partial charge in [0.25, 0.3) is 0 Å². The maximum absolute atomic E-state index is 13.4. The lowest BCUT2D eigenvalue weighted by Crippen LogP contribution is -2.23. The summed E-state index contributed by atoms with van der Waals surface area (Å²) in [6, 6.07) is 4.94. The summed E-state index contributed by atoms with van der Waals surface area (Å²) in [7, 11) is 0. The molecule has 2 rings (SSSR count). The Morgan fingerprint density at radius 2 is 1.94 bits per heavy atom. The van der Waals surface area contributed by atoms with Crippen LogP contribution >= 0.6 is 15.9 Å². The van der Waals surface area contributed by atoms with Crippen LogP contribution in [0.15, 0.2) is 18.2 Å². The van der Waals surface area contributed by atoms with Crippen LogP contribution in [0.3, 0.4) is 0 Å². The molecule has 0 bridgehead atoms. The van der Waals surface area contributed by atoms with Crippen molar-refractivity contribution >= 4 is 15.9 Å². The fraction of sp³-hybridized carbons (Fsp3) is 0.600. The topological polar surface area (TPSA) is 9.23 Å². The quantitative estimate of drug-likeness (QED) is 0.705. The molecule has 1 aliphatic carbocycles. The van der Waals surface area contributed by atoms with Crippen molar-refractivity contribution in [2.45, 2.75) is 50.5 Å². The normalized spacial score (nSPS) is 23.9. The van der Waals surface area contributed by atoms with E-state index in [2.05, 4.69) is 22.9 Å². The first-order valence-corrected chi connectivity index (χ1v) is 7.85. The molecule has 3 heteroatoms. The van der Waals surface area contributed by atoms with Crippen LogP contribution in [0.4, 0.5) is 4.39 Å². The first kappa shape index (κ1) is 13.9. The van der Waals surface area contributed by atoms with Gasteiger partial charge in [0, 0.05) is 11.4 Å². The van der Waals surface area contributed by atoms with E-state index in [0.29, 0.717) is 11.1 Å². The van der Waals surface area contributed by atoms with Crippen LogP contribution in [-0.2, 0) is 5.33 Å². The Balaban J connectivity index is 1.95. The summed E-state index contributed by atoms with van der Waals surface area (Å²) in [6.07, 6.45) is 6.19. The standard InChI is InChI=1S/C15H20BrFO/c1-2-11-3-5-14(6-4-11)18-15-8-12(10-16)7-13(17)9-15/h7-9,11,14H,2-6,10H2,1H3. The Hall–Kier alpha value is -0.570. The number of hydrogen-bond acceptors (Lipinski definition) is 1. The molecule has 1 saturated carbocycles. The molecule has 0 radical (unpaired) electrons. The van der Waals surface area contributed by atoms with E-state index in [9.17, 15) is 4.39 Å². The molecule has 100 valence electrons. The van der Waals surface area contributed by atoms with Gasteiger partial charge in [-0.25, -0.2) is 4.39 Å². The molecular weight excluding hydrogens is 295 g/mol. The largest absolute Gasteiger partial charge is 0.490 e. The maximum Gasteiger partial charge on any atom is 0.127 e. The summed E-state index contributed by atoms with van der Waals surface area (Å²) in [5.41, 5.74) is 0.923. The summed E-state index contributed by atoms with van der Waals surface area (Å²) in [4.78, 5) is 0. The minimum Gasteiger partial charge on any atom is -0.490 e. The lowest BCUT2D eigenvalue weighted by Gasteiger charge is -2.28. The molecule has 18 heavy (non-hydrogen) atoms. The second-order valence-corrected chi connectivity index (χ2v) is 5.66. The Morgan fingerprint density at radius 1 is 1.22 bits per heavy atom. The van der Waals surface area contributed by atoms with E-state index in [4.69, 9.17) is 4.74 Å². The van der Waals surface area contributed by atoms with Crippen LogP contribution < -0.4 is 4.74 Å². The van der Waals surface area contributed by atoms with Crippen LogP contribution in [0.2, 0.25) is 0 Å².